The van der Waals surface area contributed by atoms with Crippen molar-refractivity contribution in [2.75, 3.05) is 5.01 Å². The molecule has 1 atom stereocenters. The molecular formula is C22H20N4O. The van der Waals surface area contributed by atoms with E-state index in [4.69, 9.17) is 0 Å². The van der Waals surface area contributed by atoms with Crippen LogP contribution >= 0.6 is 0 Å². The van der Waals surface area contributed by atoms with Crippen molar-refractivity contribution < 1.29 is 4.79 Å². The van der Waals surface area contributed by atoms with Crippen molar-refractivity contribution in [3.63, 3.8) is 0 Å². The molecule has 2 heterocycles. The second-order valence-corrected chi connectivity index (χ2v) is 6.36. The normalized spacial score (nSPS) is 16.1. The summed E-state index contributed by atoms with van der Waals surface area (Å²) in [4.78, 5) is 16.9. The molecule has 4 rings (SSSR count). The lowest BCUT2D eigenvalue weighted by Gasteiger charge is -2.23. The van der Waals surface area contributed by atoms with Gasteiger partial charge in [-0.15, -0.1) is 0 Å². The molecule has 134 valence electrons. The Labute approximate surface area is 158 Å². The van der Waals surface area contributed by atoms with E-state index in [9.17, 15) is 4.79 Å². The first kappa shape index (κ1) is 17.0. The number of hydrazone groups is 1. The molecule has 27 heavy (non-hydrogen) atoms. The van der Waals surface area contributed by atoms with Crippen molar-refractivity contribution in [2.45, 2.75) is 19.0 Å². The number of carbonyl (C=O) groups is 1. The number of hydrogen-bond donors (Lipinski definition) is 1. The Hall–Kier alpha value is -3.47. The van der Waals surface area contributed by atoms with E-state index in [2.05, 4.69) is 27.5 Å². The smallest absolute Gasteiger partial charge is 0.267 e. The summed E-state index contributed by atoms with van der Waals surface area (Å²) in [5.41, 5.74) is 3.46. The van der Waals surface area contributed by atoms with Gasteiger partial charge in [-0.05, 0) is 29.8 Å². The molecule has 5 nitrogen and oxygen atoms in total. The van der Waals surface area contributed by atoms with Gasteiger partial charge in [-0.25, -0.2) is 0 Å². The summed E-state index contributed by atoms with van der Waals surface area (Å²) in [6.07, 6.45) is 2.28. The SMILES string of the molecule is O=C(NCc1ccccn1)C1=NN(c2ccccc2)C(c2ccccc2)C1. The number of nitrogens with zero attached hydrogens (tertiary/aromatic N) is 3. The Morgan fingerprint density at radius 2 is 1.67 bits per heavy atom. The molecule has 0 aliphatic carbocycles. The molecule has 0 radical (unpaired) electrons. The molecule has 1 aliphatic rings. The lowest BCUT2D eigenvalue weighted by Crippen LogP contribution is -2.30. The predicted molar refractivity (Wildman–Crippen MR) is 106 cm³/mol. The number of amides is 1. The largest absolute Gasteiger partial charge is 0.345 e. The number of para-hydroxylation sites is 1. The molecule has 5 heteroatoms. The Morgan fingerprint density at radius 3 is 2.37 bits per heavy atom. The molecule has 1 unspecified atom stereocenters. The van der Waals surface area contributed by atoms with Crippen LogP contribution in [0.1, 0.15) is 23.7 Å². The van der Waals surface area contributed by atoms with E-state index in [0.29, 0.717) is 18.7 Å². The zero-order chi connectivity index (χ0) is 18.5. The minimum absolute atomic E-state index is 0.00389. The number of carbonyl (C=O) groups excluding carboxylic acids is 1. The molecule has 0 saturated carbocycles. The van der Waals surface area contributed by atoms with E-state index in [1.54, 1.807) is 6.20 Å². The van der Waals surface area contributed by atoms with Crippen molar-refractivity contribution in [3.8, 4) is 0 Å². The highest BCUT2D eigenvalue weighted by molar-refractivity contribution is 6.39. The maximum absolute atomic E-state index is 12.7. The van der Waals surface area contributed by atoms with Crippen LogP contribution in [0.15, 0.2) is 90.2 Å². The molecule has 1 aliphatic heterocycles. The maximum Gasteiger partial charge on any atom is 0.267 e. The highest BCUT2D eigenvalue weighted by Gasteiger charge is 2.32. The zero-order valence-electron chi connectivity index (χ0n) is 14.8. The lowest BCUT2D eigenvalue weighted by molar-refractivity contribution is -0.115. The fraction of sp³-hybridized carbons (Fsp3) is 0.136. The molecule has 0 spiro atoms. The molecule has 0 bridgehead atoms. The highest BCUT2D eigenvalue weighted by Crippen LogP contribution is 2.34. The van der Waals surface area contributed by atoms with Crippen LogP contribution in [0.5, 0.6) is 0 Å². The number of pyridine rings is 1. The lowest BCUT2D eigenvalue weighted by atomic mass is 10.0. The maximum atomic E-state index is 12.7. The summed E-state index contributed by atoms with van der Waals surface area (Å²) in [6.45, 7) is 0.389. The minimum atomic E-state index is -0.153. The molecule has 0 saturated heterocycles. The van der Waals surface area contributed by atoms with Gasteiger partial charge in [-0.3, -0.25) is 14.8 Å². The van der Waals surface area contributed by atoms with Crippen molar-refractivity contribution >= 4 is 17.3 Å². The third-order valence-corrected chi connectivity index (χ3v) is 4.53. The van der Waals surface area contributed by atoms with Gasteiger partial charge in [0, 0.05) is 12.6 Å². The quantitative estimate of drug-likeness (QED) is 0.758. The number of aromatic nitrogens is 1. The molecule has 1 amide bonds. The van der Waals surface area contributed by atoms with E-state index in [1.165, 1.54) is 0 Å². The minimum Gasteiger partial charge on any atom is -0.345 e. The van der Waals surface area contributed by atoms with Crippen LogP contribution < -0.4 is 10.3 Å². The molecule has 0 fully saturated rings. The predicted octanol–water partition coefficient (Wildman–Crippen LogP) is 3.71. The number of rotatable bonds is 5. The highest BCUT2D eigenvalue weighted by atomic mass is 16.2. The molecule has 3 aromatic rings. The summed E-state index contributed by atoms with van der Waals surface area (Å²) in [7, 11) is 0. The fourth-order valence-corrected chi connectivity index (χ4v) is 3.18. The van der Waals surface area contributed by atoms with Gasteiger partial charge in [0.15, 0.2) is 0 Å². The third kappa shape index (κ3) is 3.87. The topological polar surface area (TPSA) is 57.6 Å². The summed E-state index contributed by atoms with van der Waals surface area (Å²) < 4.78 is 0. The van der Waals surface area contributed by atoms with E-state index in [0.717, 1.165) is 16.9 Å². The van der Waals surface area contributed by atoms with E-state index in [-0.39, 0.29) is 11.9 Å². The van der Waals surface area contributed by atoms with Gasteiger partial charge in [0.2, 0.25) is 0 Å². The third-order valence-electron chi connectivity index (χ3n) is 4.53. The summed E-state index contributed by atoms with van der Waals surface area (Å²) in [6, 6.07) is 25.8. The van der Waals surface area contributed by atoms with Gasteiger partial charge in [0.05, 0.1) is 24.0 Å². The van der Waals surface area contributed by atoms with Gasteiger partial charge in [-0.1, -0.05) is 54.6 Å². The van der Waals surface area contributed by atoms with Gasteiger partial charge in [0.1, 0.15) is 5.71 Å². The number of nitrogens with one attached hydrogen (secondary N) is 1. The van der Waals surface area contributed by atoms with Gasteiger partial charge in [0.25, 0.3) is 5.91 Å². The number of anilines is 1. The van der Waals surface area contributed by atoms with Gasteiger partial charge < -0.3 is 5.32 Å². The van der Waals surface area contributed by atoms with Crippen molar-refractivity contribution in [3.05, 3.63) is 96.3 Å². The van der Waals surface area contributed by atoms with Crippen LogP contribution in [0.4, 0.5) is 5.69 Å². The summed E-state index contributed by atoms with van der Waals surface area (Å²) in [5, 5.41) is 9.51. The Morgan fingerprint density at radius 1 is 0.963 bits per heavy atom. The standard InChI is InChI=1S/C22H20N4O/c27-22(24-16-18-11-7-8-14-23-18)20-15-21(17-9-3-1-4-10-17)26(25-20)19-12-5-2-6-13-19/h1-14,21H,15-16H2,(H,24,27). The van der Waals surface area contributed by atoms with Crippen molar-refractivity contribution in [1.29, 1.82) is 0 Å². The summed E-state index contributed by atoms with van der Waals surface area (Å²) in [5.74, 6) is -0.153. The van der Waals surface area contributed by atoms with Gasteiger partial charge in [-0.2, -0.15) is 5.10 Å². The summed E-state index contributed by atoms with van der Waals surface area (Å²) >= 11 is 0. The average molecular weight is 356 g/mol. The molecular weight excluding hydrogens is 336 g/mol. The van der Waals surface area contributed by atoms with Gasteiger partial charge >= 0.3 is 0 Å². The number of benzene rings is 2. The van der Waals surface area contributed by atoms with Crippen molar-refractivity contribution in [1.82, 2.24) is 10.3 Å². The second kappa shape index (κ2) is 7.83. The van der Waals surface area contributed by atoms with Crippen LogP contribution in [0.25, 0.3) is 0 Å². The van der Waals surface area contributed by atoms with Crippen LogP contribution in [-0.2, 0) is 11.3 Å². The first-order chi connectivity index (χ1) is 13.3. The monoisotopic (exact) mass is 356 g/mol. The first-order valence-corrected chi connectivity index (χ1v) is 8.96. The van der Waals surface area contributed by atoms with Crippen molar-refractivity contribution in [2.24, 2.45) is 5.10 Å². The fourth-order valence-electron chi connectivity index (χ4n) is 3.18. The van der Waals surface area contributed by atoms with E-state index >= 15 is 0 Å². The van der Waals surface area contributed by atoms with Crippen LogP contribution in [0.2, 0.25) is 0 Å². The second-order valence-electron chi connectivity index (χ2n) is 6.36. The van der Waals surface area contributed by atoms with E-state index in [1.807, 2.05) is 71.7 Å². The molecule has 2 aromatic carbocycles. The Kier molecular flexibility index (Phi) is 4.92. The van der Waals surface area contributed by atoms with Crippen LogP contribution in [0, 0.1) is 0 Å². The average Bonchev–Trinajstić information content (AvgIpc) is 3.20. The number of hydrogen-bond acceptors (Lipinski definition) is 4. The molecule has 1 N–H and O–H groups in total. The zero-order valence-corrected chi connectivity index (χ0v) is 14.8. The Bertz CT molecular complexity index is 926. The molecule has 1 aromatic heterocycles. The van der Waals surface area contributed by atoms with Crippen LogP contribution in [-0.4, -0.2) is 16.6 Å². The Balaban J connectivity index is 1.55. The van der Waals surface area contributed by atoms with E-state index < -0.39 is 0 Å². The van der Waals surface area contributed by atoms with Crippen LogP contribution in [0.3, 0.4) is 0 Å². The first-order valence-electron chi connectivity index (χ1n) is 8.96.